The third kappa shape index (κ3) is 1.28. The summed E-state index contributed by atoms with van der Waals surface area (Å²) in [5.74, 6) is -0.798. The van der Waals surface area contributed by atoms with Gasteiger partial charge in [-0.1, -0.05) is 0 Å². The van der Waals surface area contributed by atoms with Crippen LogP contribution in [0.25, 0.3) is 0 Å². The van der Waals surface area contributed by atoms with E-state index in [4.69, 9.17) is 5.73 Å². The van der Waals surface area contributed by atoms with Gasteiger partial charge in [0, 0.05) is 18.7 Å². The lowest BCUT2D eigenvalue weighted by Gasteiger charge is -1.98. The number of carbonyl (C=O) groups is 2. The molecule has 52 valence electrons. The third-order valence-electron chi connectivity index (χ3n) is 1.07. The Labute approximate surface area is 57.4 Å². The number of allylic oxidation sites excluding steroid dienone is 1. The molecule has 0 aliphatic carbocycles. The fourth-order valence-corrected chi connectivity index (χ4v) is 0.617. The van der Waals surface area contributed by atoms with Crippen LogP contribution in [0.2, 0.25) is 0 Å². The Balaban J connectivity index is 2.86. The predicted octanol–water partition coefficient (Wildman–Crippen LogP) is -0.601. The van der Waals surface area contributed by atoms with Gasteiger partial charge in [0.25, 0.3) is 5.91 Å². The fraction of sp³-hybridized carbons (Fsp3) is 0.167. The molecule has 4 heteroatoms. The van der Waals surface area contributed by atoms with Gasteiger partial charge in [0.2, 0.25) is 0 Å². The highest BCUT2D eigenvalue weighted by Gasteiger charge is 2.08. The number of ketones is 1. The van der Waals surface area contributed by atoms with Crippen molar-refractivity contribution in [2.24, 2.45) is 10.7 Å². The van der Waals surface area contributed by atoms with E-state index in [2.05, 4.69) is 4.99 Å². The molecule has 10 heavy (non-hydrogen) atoms. The van der Waals surface area contributed by atoms with Crippen molar-refractivity contribution in [3.8, 4) is 0 Å². The second kappa shape index (κ2) is 2.43. The van der Waals surface area contributed by atoms with Gasteiger partial charge in [0.1, 0.15) is 5.70 Å². The highest BCUT2D eigenvalue weighted by Crippen LogP contribution is 2.01. The standard InChI is InChI=1S/C6H6N2O2/c7-6(10)5-3-4(9)1-2-8-5/h2-3H,1H2,(H2,7,10). The van der Waals surface area contributed by atoms with Gasteiger partial charge in [-0.15, -0.1) is 0 Å². The normalized spacial score (nSPS) is 16.8. The maximum atomic E-state index is 10.6. The molecule has 0 radical (unpaired) electrons. The van der Waals surface area contributed by atoms with E-state index in [1.165, 1.54) is 6.21 Å². The molecule has 1 heterocycles. The molecule has 0 aromatic carbocycles. The van der Waals surface area contributed by atoms with Crippen molar-refractivity contribution in [1.82, 2.24) is 0 Å². The molecule has 0 spiro atoms. The maximum absolute atomic E-state index is 10.6. The lowest BCUT2D eigenvalue weighted by atomic mass is 10.2. The van der Waals surface area contributed by atoms with Gasteiger partial charge in [-0.2, -0.15) is 0 Å². The molecule has 0 bridgehead atoms. The number of carbonyl (C=O) groups excluding carboxylic acids is 2. The van der Waals surface area contributed by atoms with Gasteiger partial charge in [-0.05, 0) is 0 Å². The van der Waals surface area contributed by atoms with Crippen LogP contribution >= 0.6 is 0 Å². The lowest BCUT2D eigenvalue weighted by Crippen LogP contribution is -2.16. The second-order valence-corrected chi connectivity index (χ2v) is 1.88. The van der Waals surface area contributed by atoms with Crippen molar-refractivity contribution < 1.29 is 9.59 Å². The molecule has 1 aliphatic heterocycles. The molecule has 0 saturated carbocycles. The summed E-state index contributed by atoms with van der Waals surface area (Å²) >= 11 is 0. The summed E-state index contributed by atoms with van der Waals surface area (Å²) in [4.78, 5) is 24.6. The Bertz CT molecular complexity index is 238. The Kier molecular flexibility index (Phi) is 1.62. The number of rotatable bonds is 1. The van der Waals surface area contributed by atoms with Gasteiger partial charge >= 0.3 is 0 Å². The smallest absolute Gasteiger partial charge is 0.267 e. The van der Waals surface area contributed by atoms with Crippen LogP contribution < -0.4 is 5.73 Å². The number of primary amides is 1. The zero-order chi connectivity index (χ0) is 7.56. The number of aliphatic imine (C=N–C) groups is 1. The predicted molar refractivity (Wildman–Crippen MR) is 35.4 cm³/mol. The molecular weight excluding hydrogens is 132 g/mol. The van der Waals surface area contributed by atoms with Gasteiger partial charge < -0.3 is 5.73 Å². The minimum absolute atomic E-state index is 0.0382. The third-order valence-corrected chi connectivity index (χ3v) is 1.07. The topological polar surface area (TPSA) is 72.5 Å². The molecule has 0 fully saturated rings. The van der Waals surface area contributed by atoms with Crippen LogP contribution in [-0.4, -0.2) is 17.9 Å². The Morgan fingerprint density at radius 1 is 1.70 bits per heavy atom. The molecule has 0 aromatic rings. The van der Waals surface area contributed by atoms with Crippen molar-refractivity contribution in [3.05, 3.63) is 11.8 Å². The molecule has 0 unspecified atom stereocenters. The minimum atomic E-state index is -0.663. The van der Waals surface area contributed by atoms with Crippen molar-refractivity contribution in [1.29, 1.82) is 0 Å². The number of hydrogen-bond acceptors (Lipinski definition) is 3. The van der Waals surface area contributed by atoms with E-state index >= 15 is 0 Å². The summed E-state index contributed by atoms with van der Waals surface area (Å²) in [5.41, 5.74) is 4.89. The summed E-state index contributed by atoms with van der Waals surface area (Å²) in [6.45, 7) is 0. The average Bonchev–Trinajstić information content (AvgIpc) is 1.88. The minimum Gasteiger partial charge on any atom is -0.364 e. The Morgan fingerprint density at radius 2 is 2.40 bits per heavy atom. The first-order chi connectivity index (χ1) is 4.70. The largest absolute Gasteiger partial charge is 0.364 e. The van der Waals surface area contributed by atoms with Crippen molar-refractivity contribution in [2.45, 2.75) is 6.42 Å². The molecule has 0 saturated heterocycles. The molecule has 0 atom stereocenters. The van der Waals surface area contributed by atoms with E-state index in [0.29, 0.717) is 0 Å². The highest BCUT2D eigenvalue weighted by molar-refractivity contribution is 6.08. The zero-order valence-electron chi connectivity index (χ0n) is 5.20. The van der Waals surface area contributed by atoms with Crippen LogP contribution in [-0.2, 0) is 9.59 Å². The molecule has 4 nitrogen and oxygen atoms in total. The molecular formula is C6H6N2O2. The molecule has 1 rings (SSSR count). The molecule has 1 aliphatic rings. The molecule has 2 N–H and O–H groups in total. The van der Waals surface area contributed by atoms with E-state index in [0.717, 1.165) is 6.08 Å². The monoisotopic (exact) mass is 138 g/mol. The van der Waals surface area contributed by atoms with Crippen molar-refractivity contribution >= 4 is 17.9 Å². The molecule has 1 amide bonds. The van der Waals surface area contributed by atoms with Gasteiger partial charge in [-0.3, -0.25) is 14.6 Å². The summed E-state index contributed by atoms with van der Waals surface area (Å²) in [5, 5.41) is 0. The first kappa shape index (κ1) is 6.67. The van der Waals surface area contributed by atoms with Crippen LogP contribution in [0.5, 0.6) is 0 Å². The number of nitrogens with zero attached hydrogens (tertiary/aromatic N) is 1. The quantitative estimate of drug-likeness (QED) is 0.525. The van der Waals surface area contributed by atoms with Gasteiger partial charge in [0.05, 0.1) is 0 Å². The first-order valence-electron chi connectivity index (χ1n) is 2.77. The van der Waals surface area contributed by atoms with E-state index in [1.807, 2.05) is 0 Å². The highest BCUT2D eigenvalue weighted by atomic mass is 16.1. The summed E-state index contributed by atoms with van der Waals surface area (Å²) in [7, 11) is 0. The summed E-state index contributed by atoms with van der Waals surface area (Å²) < 4.78 is 0. The average molecular weight is 138 g/mol. The van der Waals surface area contributed by atoms with Crippen LogP contribution in [0.15, 0.2) is 16.8 Å². The second-order valence-electron chi connectivity index (χ2n) is 1.88. The number of nitrogens with two attached hydrogens (primary N) is 1. The van der Waals surface area contributed by atoms with Gasteiger partial charge in [-0.25, -0.2) is 0 Å². The van der Waals surface area contributed by atoms with Crippen molar-refractivity contribution in [2.75, 3.05) is 0 Å². The summed E-state index contributed by atoms with van der Waals surface area (Å²) in [6.07, 6.45) is 2.79. The van der Waals surface area contributed by atoms with E-state index in [-0.39, 0.29) is 17.9 Å². The Morgan fingerprint density at radius 3 is 2.80 bits per heavy atom. The fourth-order valence-electron chi connectivity index (χ4n) is 0.617. The SMILES string of the molecule is NC(=O)C1=CC(=O)CC=N1. The lowest BCUT2D eigenvalue weighted by molar-refractivity contribution is -0.116. The summed E-state index contributed by atoms with van der Waals surface area (Å²) in [6, 6.07) is 0. The number of amides is 1. The zero-order valence-corrected chi connectivity index (χ0v) is 5.20. The van der Waals surface area contributed by atoms with Crippen molar-refractivity contribution in [3.63, 3.8) is 0 Å². The van der Waals surface area contributed by atoms with Crippen LogP contribution in [0.4, 0.5) is 0 Å². The van der Waals surface area contributed by atoms with E-state index in [9.17, 15) is 9.59 Å². The van der Waals surface area contributed by atoms with E-state index < -0.39 is 5.91 Å². The maximum Gasteiger partial charge on any atom is 0.267 e. The van der Waals surface area contributed by atoms with Crippen LogP contribution in [0.3, 0.4) is 0 Å². The van der Waals surface area contributed by atoms with Crippen LogP contribution in [0, 0.1) is 0 Å². The van der Waals surface area contributed by atoms with E-state index in [1.54, 1.807) is 0 Å². The number of hydrogen-bond donors (Lipinski definition) is 1. The van der Waals surface area contributed by atoms with Crippen LogP contribution in [0.1, 0.15) is 6.42 Å². The first-order valence-corrected chi connectivity index (χ1v) is 2.77. The Hall–Kier alpha value is -1.45. The van der Waals surface area contributed by atoms with Gasteiger partial charge in [0.15, 0.2) is 5.78 Å². The molecule has 0 aromatic heterocycles.